The van der Waals surface area contributed by atoms with Gasteiger partial charge >= 0.3 is 0 Å². The van der Waals surface area contributed by atoms with Gasteiger partial charge in [0, 0.05) is 91.8 Å². The predicted octanol–water partition coefficient (Wildman–Crippen LogP) is 9.50. The summed E-state index contributed by atoms with van der Waals surface area (Å²) in [6.45, 7) is 9.53. The number of hydrogen-bond acceptors (Lipinski definition) is 16. The van der Waals surface area contributed by atoms with Crippen molar-refractivity contribution in [3.63, 3.8) is 0 Å². The molecule has 3 aromatic carbocycles. The highest BCUT2D eigenvalue weighted by molar-refractivity contribution is 6.32. The molecule has 6 aliphatic rings. The molecule has 4 aromatic heterocycles. The highest BCUT2D eigenvalue weighted by Crippen LogP contribution is 2.43. The number of aromatic nitrogens is 6. The van der Waals surface area contributed by atoms with E-state index in [-0.39, 0.29) is 59.1 Å². The van der Waals surface area contributed by atoms with Crippen LogP contribution in [-0.4, -0.2) is 131 Å². The van der Waals surface area contributed by atoms with Crippen LogP contribution in [0.2, 0.25) is 5.02 Å². The van der Waals surface area contributed by atoms with Gasteiger partial charge in [-0.1, -0.05) is 85.2 Å². The number of hydrogen-bond donors (Lipinski definition) is 4. The monoisotopic (exact) mass is 1100 g/mol. The minimum atomic E-state index is -1.06. The number of oxime groups is 1. The Morgan fingerprint density at radius 2 is 1.57 bits per heavy atom. The molecule has 5 fully saturated rings. The van der Waals surface area contributed by atoms with Gasteiger partial charge < -0.3 is 54.2 Å². The van der Waals surface area contributed by atoms with Crippen molar-refractivity contribution in [3.8, 4) is 34.0 Å². The number of carbonyl (C=O) groups is 1. The summed E-state index contributed by atoms with van der Waals surface area (Å²) < 4.78 is 26.9. The Labute approximate surface area is 468 Å². The molecule has 13 rings (SSSR count). The molecule has 80 heavy (non-hydrogen) atoms. The maximum atomic E-state index is 14.6. The van der Waals surface area contributed by atoms with Gasteiger partial charge in [0.25, 0.3) is 5.88 Å². The number of aromatic amines is 1. The van der Waals surface area contributed by atoms with Crippen LogP contribution in [0, 0.1) is 11.7 Å². The van der Waals surface area contributed by atoms with Crippen molar-refractivity contribution in [1.82, 2.24) is 45.4 Å². The number of β-amino-alcohol motifs (C(OH)–C–C–N with tert-alkyl or cyclic N) is 1. The van der Waals surface area contributed by atoms with E-state index in [9.17, 15) is 19.4 Å². The summed E-state index contributed by atoms with van der Waals surface area (Å²) in [5, 5.41) is 43.6. The summed E-state index contributed by atoms with van der Waals surface area (Å²) in [5.74, 6) is 0.649. The highest BCUT2D eigenvalue weighted by Gasteiger charge is 2.48. The second-order valence-corrected chi connectivity index (χ2v) is 23.5. The number of carbonyl (C=O) groups excluding carboxylic acids is 1. The number of ether oxygens (including phenoxy) is 1. The lowest BCUT2D eigenvalue weighted by Crippen LogP contribution is -2.54. The number of aliphatic hydroxyl groups excluding tert-OH is 1. The standard InChI is InChI=1S/C60H66ClFN12O6/c1-34(2)52(58(77)73-33-42(75)26-49(73)56-66-60(3,80-69-56)38-14-12-36(13-15-38)44-8-4-6-10-47(44)62)54-53(61)57(70-79-54)78-43-20-18-39(19-21-43)71-24-22-35(23-25-71)37-28-64-59(65-29-37)74-40-16-17-41(74)32-72(31-40)50-30-63-55-46(50)27-48(67-68-55)45-9-5-7-11-51(45)76/h4-15,27-30,34-35,39-43,49,52,75-76H,16-26,31-33H2,1-3H3,(H,63,68)(H,66,69)/t39-,40?,41?,42-,43-,49+,52-,60+/m1/s1. The number of phenolic OH excluding ortho intramolecular Hbond substituents is 1. The Balaban J connectivity index is 0.587. The zero-order chi connectivity index (χ0) is 54.8. The number of benzene rings is 3. The van der Waals surface area contributed by atoms with Crippen molar-refractivity contribution < 1.29 is 33.5 Å². The van der Waals surface area contributed by atoms with Crippen molar-refractivity contribution in [1.29, 1.82) is 0 Å². The van der Waals surface area contributed by atoms with Gasteiger partial charge in [-0.3, -0.25) is 4.79 Å². The molecule has 1 aliphatic carbocycles. The van der Waals surface area contributed by atoms with Gasteiger partial charge in [-0.25, -0.2) is 14.4 Å². The number of aliphatic hydroxyl groups is 1. The summed E-state index contributed by atoms with van der Waals surface area (Å²) >= 11 is 7.02. The summed E-state index contributed by atoms with van der Waals surface area (Å²) in [6, 6.07) is 23.7. The number of aromatic hydroxyl groups is 1. The maximum Gasteiger partial charge on any atom is 0.273 e. The lowest BCUT2D eigenvalue weighted by molar-refractivity contribution is -0.134. The van der Waals surface area contributed by atoms with E-state index in [1.807, 2.05) is 69.4 Å². The maximum absolute atomic E-state index is 14.6. The second-order valence-electron chi connectivity index (χ2n) is 23.1. The molecule has 1 saturated carbocycles. The number of rotatable bonds is 13. The molecule has 4 saturated heterocycles. The van der Waals surface area contributed by atoms with Gasteiger partial charge in [0.05, 0.1) is 23.5 Å². The number of fused-ring (bicyclic) bond motifs is 3. The van der Waals surface area contributed by atoms with Gasteiger partial charge in [-0.2, -0.15) is 0 Å². The number of piperidine rings is 1. The van der Waals surface area contributed by atoms with Gasteiger partial charge in [0.1, 0.15) is 28.6 Å². The zero-order valence-electron chi connectivity index (χ0n) is 45.1. The summed E-state index contributed by atoms with van der Waals surface area (Å²) in [7, 11) is 0. The predicted molar refractivity (Wildman–Crippen MR) is 301 cm³/mol. The minimum Gasteiger partial charge on any atom is -0.507 e. The average molecular weight is 1110 g/mol. The number of nitrogens with one attached hydrogen (secondary N) is 2. The van der Waals surface area contributed by atoms with Gasteiger partial charge in [0.15, 0.2) is 17.2 Å². The summed E-state index contributed by atoms with van der Waals surface area (Å²) in [5.41, 5.74) is 5.26. The number of para-hydroxylation sites is 1. The molecular weight excluding hydrogens is 1040 g/mol. The van der Waals surface area contributed by atoms with Crippen LogP contribution in [-0.2, 0) is 15.4 Å². The molecule has 2 bridgehead atoms. The average Bonchev–Trinajstić information content (AvgIpc) is 4.33. The third-order valence-corrected chi connectivity index (χ3v) is 18.1. The van der Waals surface area contributed by atoms with E-state index >= 15 is 0 Å². The number of piperazine rings is 1. The van der Waals surface area contributed by atoms with Crippen LogP contribution >= 0.6 is 11.6 Å². The van der Waals surface area contributed by atoms with Crippen LogP contribution < -0.4 is 19.9 Å². The van der Waals surface area contributed by atoms with E-state index in [0.29, 0.717) is 46.7 Å². The lowest BCUT2D eigenvalue weighted by atomic mass is 9.87. The number of phenols is 1. The van der Waals surface area contributed by atoms with Gasteiger partial charge in [-0.05, 0) is 117 Å². The Kier molecular flexibility index (Phi) is 13.8. The number of amidine groups is 1. The Morgan fingerprint density at radius 3 is 2.29 bits per heavy atom. The third kappa shape index (κ3) is 9.73. The molecule has 7 aromatic rings. The molecular formula is C60H66ClFN12O6. The molecule has 18 nitrogen and oxygen atoms in total. The van der Waals surface area contributed by atoms with E-state index in [1.165, 1.54) is 11.6 Å². The van der Waals surface area contributed by atoms with Crippen molar-refractivity contribution in [2.45, 2.75) is 132 Å². The second kappa shape index (κ2) is 21.3. The fourth-order valence-electron chi connectivity index (χ4n) is 13.5. The van der Waals surface area contributed by atoms with Crippen LogP contribution in [0.3, 0.4) is 0 Å². The molecule has 9 heterocycles. The van der Waals surface area contributed by atoms with E-state index in [2.05, 4.69) is 57.9 Å². The van der Waals surface area contributed by atoms with Crippen LogP contribution in [0.1, 0.15) is 107 Å². The van der Waals surface area contributed by atoms with E-state index < -0.39 is 23.8 Å². The first-order chi connectivity index (χ1) is 38.9. The minimum absolute atomic E-state index is 0.0939. The first kappa shape index (κ1) is 52.0. The van der Waals surface area contributed by atoms with E-state index in [4.69, 9.17) is 35.7 Å². The molecule has 1 amide bonds. The molecule has 6 atom stereocenters. The van der Waals surface area contributed by atoms with Crippen LogP contribution in [0.25, 0.3) is 33.4 Å². The number of likely N-dealkylation sites (tertiary alicyclic amines) is 2. The third-order valence-electron chi connectivity index (χ3n) is 17.8. The Bertz CT molecular complexity index is 3400. The van der Waals surface area contributed by atoms with E-state index in [0.717, 1.165) is 111 Å². The number of H-pyrrole nitrogens is 1. The Hall–Kier alpha value is -7.35. The topological polar surface area (TPSA) is 207 Å². The quantitative estimate of drug-likeness (QED) is 0.0848. The highest BCUT2D eigenvalue weighted by atomic mass is 35.5. The fourth-order valence-corrected chi connectivity index (χ4v) is 13.7. The van der Waals surface area contributed by atoms with Crippen molar-refractivity contribution in [3.05, 3.63) is 125 Å². The lowest BCUT2D eigenvalue weighted by Gasteiger charge is -2.42. The largest absolute Gasteiger partial charge is 0.507 e. The first-order valence-corrected chi connectivity index (χ1v) is 28.7. The number of amides is 1. The molecule has 20 heteroatoms. The van der Waals surface area contributed by atoms with Crippen molar-refractivity contribution >= 4 is 46.0 Å². The first-order valence-electron chi connectivity index (χ1n) is 28.3. The molecule has 0 radical (unpaired) electrons. The number of anilines is 2. The van der Waals surface area contributed by atoms with Crippen molar-refractivity contribution in [2.75, 3.05) is 42.5 Å². The van der Waals surface area contributed by atoms with Crippen LogP contribution in [0.5, 0.6) is 11.6 Å². The molecule has 2 unspecified atom stereocenters. The van der Waals surface area contributed by atoms with Gasteiger partial charge in [0.2, 0.25) is 17.6 Å². The zero-order valence-corrected chi connectivity index (χ0v) is 45.8. The SMILES string of the molecule is CC(C)[C@@H](C(=O)N1C[C@H](O)C[C@H]1C1=NO[C@@](C)(c2ccc(-c3ccccc3F)cc2)N1)c1onc(O[C@H]2CC[C@H](N3CCC(c4cnc(N5C6CCC5CN(c5c[nH]c7nnc(-c8ccccc8O)cc57)C6)nc4)CC3)CC2)c1Cl. The van der Waals surface area contributed by atoms with E-state index in [1.54, 1.807) is 35.2 Å². The number of halogens is 2. The van der Waals surface area contributed by atoms with Gasteiger partial charge in [-0.15, -0.1) is 10.2 Å². The molecule has 5 aliphatic heterocycles. The summed E-state index contributed by atoms with van der Waals surface area (Å²) in [4.78, 5) is 43.1. The smallest absolute Gasteiger partial charge is 0.273 e. The Morgan fingerprint density at radius 1 is 0.875 bits per heavy atom. The fraction of sp³-hybridized carbons (Fsp3) is 0.450. The molecule has 416 valence electrons. The van der Waals surface area contributed by atoms with Crippen LogP contribution in [0.15, 0.2) is 107 Å². The van der Waals surface area contributed by atoms with Crippen LogP contribution in [0.4, 0.5) is 16.0 Å². The summed E-state index contributed by atoms with van der Waals surface area (Å²) in [6.07, 6.45) is 13.5. The molecule has 4 N–H and O–H groups in total. The van der Waals surface area contributed by atoms with Crippen molar-refractivity contribution in [2.24, 2.45) is 11.1 Å². The number of nitrogens with zero attached hydrogens (tertiary/aromatic N) is 10. The normalized spacial score (nSPS) is 25.7. The molecule has 0 spiro atoms.